The minimum atomic E-state index is 0.513. The molecular formula is C10H11NO2. The lowest BCUT2D eigenvalue weighted by Crippen LogP contribution is -1.82. The number of rotatable bonds is 4. The van der Waals surface area contributed by atoms with Crippen LogP contribution in [0.1, 0.15) is 5.76 Å². The van der Waals surface area contributed by atoms with Crippen LogP contribution in [0.3, 0.4) is 0 Å². The summed E-state index contributed by atoms with van der Waals surface area (Å²) >= 11 is 0. The molecule has 0 aromatic carbocycles. The van der Waals surface area contributed by atoms with Gasteiger partial charge in [0.25, 0.3) is 0 Å². The van der Waals surface area contributed by atoms with E-state index >= 15 is 0 Å². The van der Waals surface area contributed by atoms with Gasteiger partial charge in [0, 0.05) is 6.08 Å². The van der Waals surface area contributed by atoms with E-state index in [4.69, 9.17) is 9.15 Å². The number of allylic oxidation sites excluding steroid dienone is 1. The fourth-order valence-electron chi connectivity index (χ4n) is 0.830. The van der Waals surface area contributed by atoms with Crippen LogP contribution in [0.25, 0.3) is 5.70 Å². The minimum Gasteiger partial charge on any atom is -0.497 e. The average molecular weight is 177 g/mol. The number of aliphatic imine (C=N–C) groups is 1. The van der Waals surface area contributed by atoms with Gasteiger partial charge >= 0.3 is 0 Å². The molecule has 0 fully saturated rings. The number of methoxy groups -OCH3 is 1. The van der Waals surface area contributed by atoms with Crippen molar-refractivity contribution in [2.45, 2.75) is 0 Å². The highest BCUT2D eigenvalue weighted by atomic mass is 16.5. The summed E-state index contributed by atoms with van der Waals surface area (Å²) in [5, 5.41) is 0. The molecule has 1 aromatic heterocycles. The Balaban J connectivity index is 2.92. The zero-order valence-corrected chi connectivity index (χ0v) is 7.49. The highest BCUT2D eigenvalue weighted by molar-refractivity contribution is 5.66. The van der Waals surface area contributed by atoms with Gasteiger partial charge in [-0.3, -0.25) is 4.99 Å². The third-order valence-corrected chi connectivity index (χ3v) is 1.50. The maximum atomic E-state index is 5.13. The van der Waals surface area contributed by atoms with Gasteiger partial charge in [-0.15, -0.1) is 0 Å². The molecule has 1 aromatic rings. The van der Waals surface area contributed by atoms with Gasteiger partial charge in [0.1, 0.15) is 11.5 Å². The standard InChI is InChI=1S/C10H11NO2/c1-8(12-3)7-9(11-2)10-5-4-6-13-10/h4-7H,1-2H2,3H3. The van der Waals surface area contributed by atoms with Crippen molar-refractivity contribution >= 4 is 12.4 Å². The number of furan rings is 1. The van der Waals surface area contributed by atoms with E-state index in [-0.39, 0.29) is 0 Å². The topological polar surface area (TPSA) is 34.7 Å². The van der Waals surface area contributed by atoms with E-state index in [9.17, 15) is 0 Å². The summed E-state index contributed by atoms with van der Waals surface area (Å²) in [5.74, 6) is 1.16. The van der Waals surface area contributed by atoms with Gasteiger partial charge in [-0.1, -0.05) is 6.58 Å². The van der Waals surface area contributed by atoms with Crippen LogP contribution in [0.5, 0.6) is 0 Å². The molecule has 0 saturated heterocycles. The molecule has 13 heavy (non-hydrogen) atoms. The Hall–Kier alpha value is -1.77. The molecule has 3 nitrogen and oxygen atoms in total. The molecular weight excluding hydrogens is 166 g/mol. The smallest absolute Gasteiger partial charge is 0.152 e. The van der Waals surface area contributed by atoms with Crippen molar-refractivity contribution in [1.82, 2.24) is 0 Å². The first-order valence-corrected chi connectivity index (χ1v) is 3.73. The number of hydrogen-bond acceptors (Lipinski definition) is 3. The molecule has 0 aliphatic rings. The zero-order chi connectivity index (χ0) is 9.68. The van der Waals surface area contributed by atoms with Crippen LogP contribution in [0.4, 0.5) is 0 Å². The van der Waals surface area contributed by atoms with Crippen LogP contribution in [0.2, 0.25) is 0 Å². The van der Waals surface area contributed by atoms with Gasteiger partial charge < -0.3 is 9.15 Å². The Morgan fingerprint density at radius 3 is 2.92 bits per heavy atom. The van der Waals surface area contributed by atoms with Crippen LogP contribution in [-0.4, -0.2) is 13.8 Å². The molecule has 68 valence electrons. The summed E-state index contributed by atoms with van der Waals surface area (Å²) in [6, 6.07) is 3.58. The largest absolute Gasteiger partial charge is 0.497 e. The van der Waals surface area contributed by atoms with E-state index in [0.29, 0.717) is 17.2 Å². The van der Waals surface area contributed by atoms with E-state index in [1.165, 1.54) is 0 Å². The molecule has 0 saturated carbocycles. The number of ether oxygens (including phenoxy) is 1. The second kappa shape index (κ2) is 4.30. The summed E-state index contributed by atoms with van der Waals surface area (Å²) in [6.07, 6.45) is 3.23. The van der Waals surface area contributed by atoms with Crippen LogP contribution < -0.4 is 0 Å². The molecule has 0 N–H and O–H groups in total. The summed E-state index contributed by atoms with van der Waals surface area (Å²) in [7, 11) is 1.54. The highest BCUT2D eigenvalue weighted by Crippen LogP contribution is 2.17. The van der Waals surface area contributed by atoms with E-state index in [0.717, 1.165) is 0 Å². The maximum absolute atomic E-state index is 5.13. The van der Waals surface area contributed by atoms with Crippen LogP contribution in [-0.2, 0) is 4.74 Å². The third-order valence-electron chi connectivity index (χ3n) is 1.50. The van der Waals surface area contributed by atoms with Crippen molar-refractivity contribution in [3.63, 3.8) is 0 Å². The van der Waals surface area contributed by atoms with Crippen LogP contribution in [0, 0.1) is 0 Å². The Kier molecular flexibility index (Phi) is 3.09. The second-order valence-corrected chi connectivity index (χ2v) is 2.34. The van der Waals surface area contributed by atoms with Crippen molar-refractivity contribution < 1.29 is 9.15 Å². The zero-order valence-electron chi connectivity index (χ0n) is 7.49. The van der Waals surface area contributed by atoms with Gasteiger partial charge in [-0.05, 0) is 18.9 Å². The van der Waals surface area contributed by atoms with Crippen molar-refractivity contribution in [2.24, 2.45) is 4.99 Å². The molecule has 0 amide bonds. The quantitative estimate of drug-likeness (QED) is 0.402. The minimum absolute atomic E-state index is 0.513. The summed E-state index contributed by atoms with van der Waals surface area (Å²) in [6.45, 7) is 7.07. The fourth-order valence-corrected chi connectivity index (χ4v) is 0.830. The van der Waals surface area contributed by atoms with Gasteiger partial charge in [0.05, 0.1) is 13.4 Å². The Labute approximate surface area is 77.0 Å². The summed E-state index contributed by atoms with van der Waals surface area (Å²) in [5.41, 5.74) is 0.608. The first kappa shape index (κ1) is 9.32. The Morgan fingerprint density at radius 2 is 2.46 bits per heavy atom. The molecule has 0 radical (unpaired) electrons. The monoisotopic (exact) mass is 177 g/mol. The van der Waals surface area contributed by atoms with Crippen molar-refractivity contribution in [1.29, 1.82) is 0 Å². The fraction of sp³-hybridized carbons (Fsp3) is 0.100. The maximum Gasteiger partial charge on any atom is 0.152 e. The van der Waals surface area contributed by atoms with E-state index < -0.39 is 0 Å². The van der Waals surface area contributed by atoms with Crippen molar-refractivity contribution in [2.75, 3.05) is 7.11 Å². The molecule has 0 atom stereocenters. The van der Waals surface area contributed by atoms with E-state index in [2.05, 4.69) is 18.3 Å². The number of hydrogen-bond donors (Lipinski definition) is 0. The summed E-state index contributed by atoms with van der Waals surface area (Å²) < 4.78 is 10.0. The van der Waals surface area contributed by atoms with Gasteiger partial charge in [0.15, 0.2) is 5.76 Å². The Morgan fingerprint density at radius 1 is 1.69 bits per heavy atom. The first-order chi connectivity index (χ1) is 6.27. The third kappa shape index (κ3) is 2.33. The number of nitrogens with zero attached hydrogens (tertiary/aromatic N) is 1. The van der Waals surface area contributed by atoms with Crippen LogP contribution in [0.15, 0.2) is 46.2 Å². The predicted octanol–water partition coefficient (Wildman–Crippen LogP) is 2.48. The normalized spacial score (nSPS) is 11.0. The van der Waals surface area contributed by atoms with E-state index in [1.807, 2.05) is 0 Å². The predicted molar refractivity (Wildman–Crippen MR) is 52.4 cm³/mol. The molecule has 0 bridgehead atoms. The van der Waals surface area contributed by atoms with Gasteiger partial charge in [-0.2, -0.15) is 0 Å². The van der Waals surface area contributed by atoms with Crippen molar-refractivity contribution in [3.05, 3.63) is 42.6 Å². The van der Waals surface area contributed by atoms with Crippen molar-refractivity contribution in [3.8, 4) is 0 Å². The molecule has 1 rings (SSSR count). The SMILES string of the molecule is C=NC(=CC(=C)OC)c1ccco1. The first-order valence-electron chi connectivity index (χ1n) is 3.73. The lowest BCUT2D eigenvalue weighted by Gasteiger charge is -1.99. The molecule has 0 aliphatic heterocycles. The molecule has 3 heteroatoms. The Bertz CT molecular complexity index is 323. The highest BCUT2D eigenvalue weighted by Gasteiger charge is 2.01. The molecule has 0 unspecified atom stereocenters. The second-order valence-electron chi connectivity index (χ2n) is 2.34. The lowest BCUT2D eigenvalue weighted by molar-refractivity contribution is 0.309. The van der Waals surface area contributed by atoms with Gasteiger partial charge in [-0.25, -0.2) is 0 Å². The molecule has 0 spiro atoms. The molecule has 1 heterocycles. The van der Waals surface area contributed by atoms with Gasteiger partial charge in [0.2, 0.25) is 0 Å². The average Bonchev–Trinajstić information content (AvgIpc) is 2.66. The van der Waals surface area contributed by atoms with Crippen LogP contribution >= 0.6 is 0 Å². The van der Waals surface area contributed by atoms with E-state index in [1.54, 1.807) is 31.6 Å². The molecule has 0 aliphatic carbocycles. The summed E-state index contributed by atoms with van der Waals surface area (Å²) in [4.78, 5) is 3.79. The lowest BCUT2D eigenvalue weighted by atomic mass is 10.3.